The Labute approximate surface area is 130 Å². The summed E-state index contributed by atoms with van der Waals surface area (Å²) in [5.41, 5.74) is 3.70. The number of amides is 1. The van der Waals surface area contributed by atoms with Gasteiger partial charge in [0.1, 0.15) is 4.88 Å². The zero-order valence-electron chi connectivity index (χ0n) is 12.2. The lowest BCUT2D eigenvalue weighted by molar-refractivity contribution is 0.102. The SMILES string of the molecule is Cc1ccc(-c2nnc(NC(=O)c3snnc3C)o2)cc1C. The molecule has 3 rings (SSSR count). The molecule has 0 fully saturated rings. The van der Waals surface area contributed by atoms with Gasteiger partial charge in [0, 0.05) is 5.56 Å². The summed E-state index contributed by atoms with van der Waals surface area (Å²) in [5, 5.41) is 14.1. The van der Waals surface area contributed by atoms with E-state index >= 15 is 0 Å². The molecule has 0 bridgehead atoms. The van der Waals surface area contributed by atoms with E-state index in [2.05, 4.69) is 25.1 Å². The molecule has 8 heteroatoms. The van der Waals surface area contributed by atoms with Crippen LogP contribution in [0, 0.1) is 20.8 Å². The first-order valence-corrected chi connectivity index (χ1v) is 7.33. The molecule has 0 atom stereocenters. The molecule has 1 amide bonds. The highest BCUT2D eigenvalue weighted by molar-refractivity contribution is 7.08. The number of carbonyl (C=O) groups excluding carboxylic acids is 1. The molecule has 22 heavy (non-hydrogen) atoms. The van der Waals surface area contributed by atoms with Gasteiger partial charge in [-0.2, -0.15) is 0 Å². The van der Waals surface area contributed by atoms with E-state index in [1.165, 1.54) is 5.56 Å². The van der Waals surface area contributed by atoms with Crippen molar-refractivity contribution in [3.8, 4) is 11.5 Å². The number of nitrogens with zero attached hydrogens (tertiary/aromatic N) is 4. The van der Waals surface area contributed by atoms with Crippen LogP contribution >= 0.6 is 11.5 Å². The van der Waals surface area contributed by atoms with Crippen molar-refractivity contribution in [2.45, 2.75) is 20.8 Å². The topological polar surface area (TPSA) is 93.8 Å². The Morgan fingerprint density at radius 3 is 2.64 bits per heavy atom. The van der Waals surface area contributed by atoms with E-state index in [0.717, 1.165) is 22.7 Å². The van der Waals surface area contributed by atoms with Crippen LogP contribution < -0.4 is 5.32 Å². The Morgan fingerprint density at radius 1 is 1.14 bits per heavy atom. The number of nitrogens with one attached hydrogen (secondary N) is 1. The van der Waals surface area contributed by atoms with E-state index in [-0.39, 0.29) is 11.9 Å². The number of anilines is 1. The first kappa shape index (κ1) is 14.3. The van der Waals surface area contributed by atoms with Gasteiger partial charge in [-0.3, -0.25) is 10.1 Å². The second kappa shape index (κ2) is 5.64. The minimum atomic E-state index is -0.359. The fourth-order valence-corrected chi connectivity index (χ4v) is 2.41. The molecule has 0 aliphatic carbocycles. The van der Waals surface area contributed by atoms with E-state index in [9.17, 15) is 4.79 Å². The maximum Gasteiger partial charge on any atom is 0.322 e. The maximum absolute atomic E-state index is 12.0. The van der Waals surface area contributed by atoms with Crippen molar-refractivity contribution >= 4 is 23.5 Å². The van der Waals surface area contributed by atoms with Gasteiger partial charge in [0.2, 0.25) is 5.89 Å². The number of aromatic nitrogens is 4. The summed E-state index contributed by atoms with van der Waals surface area (Å²) in [7, 11) is 0. The van der Waals surface area contributed by atoms with Crippen molar-refractivity contribution in [2.75, 3.05) is 5.32 Å². The normalized spacial score (nSPS) is 10.7. The Kier molecular flexibility index (Phi) is 3.68. The van der Waals surface area contributed by atoms with Crippen LogP contribution in [0.3, 0.4) is 0 Å². The molecule has 2 aromatic heterocycles. The van der Waals surface area contributed by atoms with Crippen molar-refractivity contribution in [1.82, 2.24) is 19.8 Å². The van der Waals surface area contributed by atoms with Crippen LogP contribution in [0.25, 0.3) is 11.5 Å². The van der Waals surface area contributed by atoms with Crippen LogP contribution in [0.4, 0.5) is 6.01 Å². The van der Waals surface area contributed by atoms with Crippen LogP contribution in [0.15, 0.2) is 22.6 Å². The molecule has 1 aromatic carbocycles. The van der Waals surface area contributed by atoms with E-state index in [4.69, 9.17) is 4.42 Å². The lowest BCUT2D eigenvalue weighted by Crippen LogP contribution is -2.11. The zero-order chi connectivity index (χ0) is 15.7. The van der Waals surface area contributed by atoms with E-state index in [0.29, 0.717) is 16.5 Å². The molecule has 0 aliphatic rings. The van der Waals surface area contributed by atoms with Crippen molar-refractivity contribution in [3.63, 3.8) is 0 Å². The smallest absolute Gasteiger partial charge is 0.322 e. The Morgan fingerprint density at radius 2 is 1.95 bits per heavy atom. The summed E-state index contributed by atoms with van der Waals surface area (Å²) < 4.78 is 9.20. The van der Waals surface area contributed by atoms with Gasteiger partial charge in [0.05, 0.1) is 5.69 Å². The van der Waals surface area contributed by atoms with Gasteiger partial charge in [0.15, 0.2) is 0 Å². The number of hydrogen-bond acceptors (Lipinski definition) is 7. The largest absolute Gasteiger partial charge is 0.403 e. The van der Waals surface area contributed by atoms with Gasteiger partial charge in [-0.25, -0.2) is 0 Å². The zero-order valence-corrected chi connectivity index (χ0v) is 13.1. The predicted molar refractivity (Wildman–Crippen MR) is 81.8 cm³/mol. The number of benzene rings is 1. The van der Waals surface area contributed by atoms with Gasteiger partial charge in [-0.05, 0) is 55.6 Å². The molecule has 0 radical (unpaired) electrons. The Balaban J connectivity index is 1.80. The third-order valence-electron chi connectivity index (χ3n) is 3.26. The van der Waals surface area contributed by atoms with Crippen molar-refractivity contribution < 1.29 is 9.21 Å². The molecular weight excluding hydrogens is 302 g/mol. The molecule has 112 valence electrons. The molecule has 7 nitrogen and oxygen atoms in total. The lowest BCUT2D eigenvalue weighted by Gasteiger charge is -2.01. The molecule has 0 spiro atoms. The van der Waals surface area contributed by atoms with Crippen LogP contribution in [0.1, 0.15) is 26.5 Å². The minimum Gasteiger partial charge on any atom is -0.403 e. The van der Waals surface area contributed by atoms with Gasteiger partial charge in [-0.1, -0.05) is 15.7 Å². The average Bonchev–Trinajstić information content (AvgIpc) is 3.11. The Hall–Kier alpha value is -2.61. The summed E-state index contributed by atoms with van der Waals surface area (Å²) in [5.74, 6) is 0.000313. The summed E-state index contributed by atoms with van der Waals surface area (Å²) in [6, 6.07) is 5.90. The van der Waals surface area contributed by atoms with Crippen LogP contribution in [-0.2, 0) is 0 Å². The van der Waals surface area contributed by atoms with Gasteiger partial charge >= 0.3 is 6.01 Å². The van der Waals surface area contributed by atoms with E-state index in [1.807, 2.05) is 32.0 Å². The quantitative estimate of drug-likeness (QED) is 0.798. The predicted octanol–water partition coefficient (Wildman–Crippen LogP) is 2.77. The summed E-state index contributed by atoms with van der Waals surface area (Å²) in [4.78, 5) is 12.5. The third kappa shape index (κ3) is 2.73. The summed E-state index contributed by atoms with van der Waals surface area (Å²) in [6.45, 7) is 5.76. The second-order valence-corrected chi connectivity index (χ2v) is 5.61. The number of carbonyl (C=O) groups is 1. The molecular formula is C14H13N5O2S. The summed E-state index contributed by atoms with van der Waals surface area (Å²) >= 11 is 1.02. The minimum absolute atomic E-state index is 0.0472. The highest BCUT2D eigenvalue weighted by Gasteiger charge is 2.17. The van der Waals surface area contributed by atoms with Crippen LogP contribution in [0.2, 0.25) is 0 Å². The third-order valence-corrected chi connectivity index (χ3v) is 4.08. The van der Waals surface area contributed by atoms with Gasteiger partial charge in [0.25, 0.3) is 5.91 Å². The van der Waals surface area contributed by atoms with E-state index < -0.39 is 0 Å². The van der Waals surface area contributed by atoms with Crippen molar-refractivity contribution in [3.05, 3.63) is 39.9 Å². The molecule has 2 heterocycles. The van der Waals surface area contributed by atoms with Gasteiger partial charge < -0.3 is 4.42 Å². The average molecular weight is 315 g/mol. The van der Waals surface area contributed by atoms with Crippen LogP contribution in [0.5, 0.6) is 0 Å². The van der Waals surface area contributed by atoms with Crippen molar-refractivity contribution in [1.29, 1.82) is 0 Å². The number of aryl methyl sites for hydroxylation is 3. The first-order valence-electron chi connectivity index (χ1n) is 6.56. The Bertz CT molecular complexity index is 839. The number of hydrogen-bond donors (Lipinski definition) is 1. The summed E-state index contributed by atoms with van der Waals surface area (Å²) in [6.07, 6.45) is 0. The van der Waals surface area contributed by atoms with E-state index in [1.54, 1.807) is 6.92 Å². The molecule has 0 aliphatic heterocycles. The monoisotopic (exact) mass is 315 g/mol. The molecule has 3 aromatic rings. The fourth-order valence-electron chi connectivity index (χ4n) is 1.86. The second-order valence-electron chi connectivity index (χ2n) is 4.85. The standard InChI is InChI=1S/C14H13N5O2S/c1-7-4-5-10(6-8(7)2)13-17-18-14(21-13)15-12(20)11-9(3)16-19-22-11/h4-6H,1-3H3,(H,15,18,20). The lowest BCUT2D eigenvalue weighted by atomic mass is 10.1. The van der Waals surface area contributed by atoms with Crippen LogP contribution in [-0.4, -0.2) is 25.7 Å². The van der Waals surface area contributed by atoms with Gasteiger partial charge in [-0.15, -0.1) is 10.2 Å². The molecule has 0 saturated carbocycles. The fraction of sp³-hybridized carbons (Fsp3) is 0.214. The van der Waals surface area contributed by atoms with Crippen molar-refractivity contribution in [2.24, 2.45) is 0 Å². The highest BCUT2D eigenvalue weighted by Crippen LogP contribution is 2.23. The number of rotatable bonds is 3. The maximum atomic E-state index is 12.0. The highest BCUT2D eigenvalue weighted by atomic mass is 32.1. The molecule has 1 N–H and O–H groups in total. The first-order chi connectivity index (χ1) is 10.5. The molecule has 0 unspecified atom stereocenters. The molecule has 0 saturated heterocycles.